The molecule has 2 aromatic carbocycles. The third-order valence-electron chi connectivity index (χ3n) is 3.20. The van der Waals surface area contributed by atoms with Crippen molar-refractivity contribution < 1.29 is 19.0 Å². The molecule has 4 heteroatoms. The molecule has 0 saturated heterocycles. The molecule has 0 amide bonds. The predicted octanol–water partition coefficient (Wildman–Crippen LogP) is 3.61. The van der Waals surface area contributed by atoms with Crippen LogP contribution in [0.2, 0.25) is 0 Å². The molecule has 0 aliphatic rings. The van der Waals surface area contributed by atoms with Crippen LogP contribution in [0.5, 0.6) is 17.2 Å². The molecule has 2 aromatic rings. The van der Waals surface area contributed by atoms with Crippen molar-refractivity contribution in [2.75, 3.05) is 21.3 Å². The van der Waals surface area contributed by atoms with Crippen molar-refractivity contribution in [1.82, 2.24) is 0 Å². The van der Waals surface area contributed by atoms with Gasteiger partial charge in [-0.1, -0.05) is 36.4 Å². The molecule has 0 saturated carbocycles. The maximum Gasteiger partial charge on any atom is 0.189 e. The highest BCUT2D eigenvalue weighted by Gasteiger charge is 2.15. The van der Waals surface area contributed by atoms with Crippen LogP contribution in [0, 0.1) is 0 Å². The standard InChI is InChI=1S/C18H18O4/c1-20-16-12-18(22-3)17(21-2)11-14(16)15(19)10-9-13-7-5-4-6-8-13/h4-12H,1-3H3. The van der Waals surface area contributed by atoms with Crippen LogP contribution >= 0.6 is 0 Å². The van der Waals surface area contributed by atoms with Gasteiger partial charge in [-0.15, -0.1) is 0 Å². The van der Waals surface area contributed by atoms with Gasteiger partial charge in [-0.2, -0.15) is 0 Å². The number of hydrogen-bond acceptors (Lipinski definition) is 4. The lowest BCUT2D eigenvalue weighted by Crippen LogP contribution is -2.01. The zero-order chi connectivity index (χ0) is 15.9. The number of ketones is 1. The third-order valence-corrected chi connectivity index (χ3v) is 3.20. The monoisotopic (exact) mass is 298 g/mol. The van der Waals surface area contributed by atoms with Crippen LogP contribution < -0.4 is 14.2 Å². The van der Waals surface area contributed by atoms with Crippen molar-refractivity contribution in [3.05, 3.63) is 59.7 Å². The fourth-order valence-corrected chi connectivity index (χ4v) is 2.05. The molecule has 22 heavy (non-hydrogen) atoms. The summed E-state index contributed by atoms with van der Waals surface area (Å²) < 4.78 is 15.7. The van der Waals surface area contributed by atoms with Gasteiger partial charge >= 0.3 is 0 Å². The average Bonchev–Trinajstić information content (AvgIpc) is 2.59. The molecule has 4 nitrogen and oxygen atoms in total. The van der Waals surface area contributed by atoms with E-state index in [1.165, 1.54) is 27.4 Å². The summed E-state index contributed by atoms with van der Waals surface area (Å²) in [5.41, 5.74) is 1.38. The first kappa shape index (κ1) is 15.6. The Labute approximate surface area is 129 Å². The number of allylic oxidation sites excluding steroid dienone is 1. The van der Waals surface area contributed by atoms with E-state index in [1.54, 1.807) is 18.2 Å². The van der Waals surface area contributed by atoms with Crippen molar-refractivity contribution in [1.29, 1.82) is 0 Å². The lowest BCUT2D eigenvalue weighted by Gasteiger charge is -2.12. The summed E-state index contributed by atoms with van der Waals surface area (Å²) >= 11 is 0. The lowest BCUT2D eigenvalue weighted by molar-refractivity contribution is 0.104. The van der Waals surface area contributed by atoms with E-state index in [-0.39, 0.29) is 5.78 Å². The molecule has 0 radical (unpaired) electrons. The number of methoxy groups -OCH3 is 3. The summed E-state index contributed by atoms with van der Waals surface area (Å²) in [6.07, 6.45) is 3.28. The van der Waals surface area contributed by atoms with E-state index in [4.69, 9.17) is 14.2 Å². The molecule has 0 unspecified atom stereocenters. The largest absolute Gasteiger partial charge is 0.496 e. The highest BCUT2D eigenvalue weighted by atomic mass is 16.5. The summed E-state index contributed by atoms with van der Waals surface area (Å²) in [5, 5.41) is 0. The number of hydrogen-bond donors (Lipinski definition) is 0. The molecule has 0 aliphatic heterocycles. The molecule has 0 aromatic heterocycles. The predicted molar refractivity (Wildman–Crippen MR) is 85.9 cm³/mol. The minimum absolute atomic E-state index is 0.165. The van der Waals surface area contributed by atoms with E-state index in [0.717, 1.165) is 5.56 Å². The number of rotatable bonds is 6. The second-order valence-electron chi connectivity index (χ2n) is 4.52. The minimum atomic E-state index is -0.165. The molecule has 0 aliphatic carbocycles. The molecule has 0 heterocycles. The molecule has 0 fully saturated rings. The number of benzene rings is 2. The summed E-state index contributed by atoms with van der Waals surface area (Å²) in [6, 6.07) is 12.9. The van der Waals surface area contributed by atoms with E-state index >= 15 is 0 Å². The fraction of sp³-hybridized carbons (Fsp3) is 0.167. The lowest BCUT2D eigenvalue weighted by atomic mass is 10.1. The van der Waals surface area contributed by atoms with Crippen molar-refractivity contribution in [3.63, 3.8) is 0 Å². The van der Waals surface area contributed by atoms with Crippen LogP contribution in [0.25, 0.3) is 6.08 Å². The highest BCUT2D eigenvalue weighted by Crippen LogP contribution is 2.34. The zero-order valence-electron chi connectivity index (χ0n) is 12.8. The minimum Gasteiger partial charge on any atom is -0.496 e. The van der Waals surface area contributed by atoms with E-state index in [2.05, 4.69) is 0 Å². The Bertz CT molecular complexity index is 675. The van der Waals surface area contributed by atoms with E-state index in [1.807, 2.05) is 30.3 Å². The smallest absolute Gasteiger partial charge is 0.189 e. The summed E-state index contributed by atoms with van der Waals surface area (Å²) in [7, 11) is 4.57. The van der Waals surface area contributed by atoms with Gasteiger partial charge in [0.1, 0.15) is 5.75 Å². The molecule has 0 bridgehead atoms. The summed E-state index contributed by atoms with van der Waals surface area (Å²) in [4.78, 5) is 12.4. The Kier molecular flexibility index (Phi) is 5.20. The summed E-state index contributed by atoms with van der Waals surface area (Å²) in [6.45, 7) is 0. The SMILES string of the molecule is COc1cc(OC)c(C(=O)C=Cc2ccccc2)cc1OC. The Morgan fingerprint density at radius 1 is 0.864 bits per heavy atom. The van der Waals surface area contributed by atoms with Crippen LogP contribution in [0.4, 0.5) is 0 Å². The quantitative estimate of drug-likeness (QED) is 0.603. The maximum absolute atomic E-state index is 12.4. The molecular formula is C18H18O4. The molecule has 2 rings (SSSR count). The zero-order valence-corrected chi connectivity index (χ0v) is 12.8. The van der Waals surface area contributed by atoms with Crippen molar-refractivity contribution in [3.8, 4) is 17.2 Å². The van der Waals surface area contributed by atoms with Crippen molar-refractivity contribution in [2.24, 2.45) is 0 Å². The molecule has 0 N–H and O–H groups in total. The van der Waals surface area contributed by atoms with Gasteiger partial charge in [0.15, 0.2) is 17.3 Å². The van der Waals surface area contributed by atoms with Gasteiger partial charge in [0.25, 0.3) is 0 Å². The van der Waals surface area contributed by atoms with Crippen molar-refractivity contribution >= 4 is 11.9 Å². The van der Waals surface area contributed by atoms with Crippen LogP contribution in [0.3, 0.4) is 0 Å². The van der Waals surface area contributed by atoms with Gasteiger partial charge in [0, 0.05) is 6.07 Å². The Morgan fingerprint density at radius 2 is 1.45 bits per heavy atom. The Morgan fingerprint density at radius 3 is 2.05 bits per heavy atom. The first-order chi connectivity index (χ1) is 10.7. The number of carbonyl (C=O) groups excluding carboxylic acids is 1. The van der Waals surface area contributed by atoms with Crippen molar-refractivity contribution in [2.45, 2.75) is 0 Å². The van der Waals surface area contributed by atoms with Gasteiger partial charge < -0.3 is 14.2 Å². The number of carbonyl (C=O) groups is 1. The Hall–Kier alpha value is -2.75. The third kappa shape index (κ3) is 3.47. The van der Waals surface area contributed by atoms with Gasteiger partial charge in [0.2, 0.25) is 0 Å². The second-order valence-corrected chi connectivity index (χ2v) is 4.52. The van der Waals surface area contributed by atoms with Crippen LogP contribution in [-0.2, 0) is 0 Å². The molecule has 114 valence electrons. The first-order valence-corrected chi connectivity index (χ1v) is 6.77. The van der Waals surface area contributed by atoms with Gasteiger partial charge in [-0.25, -0.2) is 0 Å². The highest BCUT2D eigenvalue weighted by molar-refractivity contribution is 6.09. The summed E-state index contributed by atoms with van der Waals surface area (Å²) in [5.74, 6) is 1.28. The Balaban J connectivity index is 2.34. The normalized spacial score (nSPS) is 10.5. The average molecular weight is 298 g/mol. The first-order valence-electron chi connectivity index (χ1n) is 6.77. The van der Waals surface area contributed by atoms with Gasteiger partial charge in [-0.3, -0.25) is 4.79 Å². The van der Waals surface area contributed by atoms with E-state index in [9.17, 15) is 4.79 Å². The van der Waals surface area contributed by atoms with Gasteiger partial charge in [-0.05, 0) is 17.7 Å². The van der Waals surface area contributed by atoms with Crippen LogP contribution in [0.1, 0.15) is 15.9 Å². The molecular weight excluding hydrogens is 280 g/mol. The van der Waals surface area contributed by atoms with Gasteiger partial charge in [0.05, 0.1) is 26.9 Å². The van der Waals surface area contributed by atoms with E-state index in [0.29, 0.717) is 22.8 Å². The topological polar surface area (TPSA) is 44.8 Å². The molecule has 0 spiro atoms. The second kappa shape index (κ2) is 7.31. The number of ether oxygens (including phenoxy) is 3. The van der Waals surface area contributed by atoms with Crippen LogP contribution in [-0.4, -0.2) is 27.1 Å². The van der Waals surface area contributed by atoms with Crippen LogP contribution in [0.15, 0.2) is 48.5 Å². The fourth-order valence-electron chi connectivity index (χ4n) is 2.05. The maximum atomic E-state index is 12.4. The molecule has 0 atom stereocenters. The van der Waals surface area contributed by atoms with E-state index < -0.39 is 0 Å².